The molecule has 85 heavy (non-hydrogen) atoms. The van der Waals surface area contributed by atoms with Crippen LogP contribution in [-0.2, 0) is 33.3 Å². The normalized spacial score (nSPS) is 13.0. The topological polar surface area (TPSA) is 108 Å². The lowest BCUT2D eigenvalue weighted by atomic mass is 10.0. The summed E-state index contributed by atoms with van der Waals surface area (Å²) in [4.78, 5) is 37.6. The summed E-state index contributed by atoms with van der Waals surface area (Å²) in [5, 5.41) is 9.74. The Labute approximate surface area is 526 Å². The molecule has 0 spiro atoms. The molecule has 0 fully saturated rings. The lowest BCUT2D eigenvalue weighted by Gasteiger charge is -2.25. The van der Waals surface area contributed by atoms with Gasteiger partial charge in [-0.1, -0.05) is 338 Å². The maximum Gasteiger partial charge on any atom is 0.361 e. The standard InChI is InChI=1S/C76H139NO8/c1-6-8-10-12-14-16-18-20-22-24-26-28-29-30-31-32-33-34-35-36-37-38-39-40-41-42-43-44-45-47-48-50-52-54-56-58-60-62-64-66-73(78)83-70-72(71-84-76(75(80)81)82-69-68-77(3,4)5)85-74(79)67-65-63-61-59-57-55-53-51-49-46-27-25-23-21-19-17-15-13-11-9-7-2/h9,11,15,17,21,23,27,46,51,53,72,76H,6-8,10,12-14,16,18-20,22,24-26,28-45,47-50,52,54-71H2,1-5H3/p+1/b11-9-,17-15-,23-21-,46-27-,53-51-. The van der Waals surface area contributed by atoms with Gasteiger partial charge >= 0.3 is 17.9 Å². The number of nitrogens with zero attached hydrogens (tertiary/aromatic N) is 1. The van der Waals surface area contributed by atoms with Gasteiger partial charge in [0.15, 0.2) is 6.10 Å². The number of carboxylic acid groups (broad SMARTS) is 1. The summed E-state index contributed by atoms with van der Waals surface area (Å²) in [6.45, 7) is 4.79. The molecule has 0 aliphatic carbocycles. The number of rotatable bonds is 68. The first kappa shape index (κ1) is 82.0. The molecule has 0 aromatic heterocycles. The summed E-state index contributed by atoms with van der Waals surface area (Å²) in [6, 6.07) is 0. The van der Waals surface area contributed by atoms with Crippen molar-refractivity contribution in [3.05, 3.63) is 60.8 Å². The molecule has 9 nitrogen and oxygen atoms in total. The van der Waals surface area contributed by atoms with Gasteiger partial charge in [0, 0.05) is 12.8 Å². The molecule has 0 bridgehead atoms. The Hall–Kier alpha value is -3.01. The van der Waals surface area contributed by atoms with Crippen molar-refractivity contribution in [1.82, 2.24) is 0 Å². The van der Waals surface area contributed by atoms with Crippen LogP contribution in [0.4, 0.5) is 0 Å². The largest absolute Gasteiger partial charge is 0.477 e. The number of allylic oxidation sites excluding steroid dienone is 10. The number of hydrogen-bond donors (Lipinski definition) is 1. The van der Waals surface area contributed by atoms with E-state index in [1.807, 2.05) is 21.1 Å². The van der Waals surface area contributed by atoms with E-state index in [1.54, 1.807) is 0 Å². The molecule has 0 aromatic carbocycles. The average Bonchev–Trinajstić information content (AvgIpc) is 3.48. The second kappa shape index (κ2) is 66.9. The van der Waals surface area contributed by atoms with Gasteiger partial charge in [0.05, 0.1) is 34.4 Å². The van der Waals surface area contributed by atoms with E-state index < -0.39 is 24.3 Å². The number of carbonyl (C=O) groups excluding carboxylic acids is 2. The second-order valence-corrected chi connectivity index (χ2v) is 25.9. The highest BCUT2D eigenvalue weighted by molar-refractivity contribution is 5.71. The van der Waals surface area contributed by atoms with E-state index in [0.29, 0.717) is 23.9 Å². The van der Waals surface area contributed by atoms with Crippen LogP contribution < -0.4 is 0 Å². The van der Waals surface area contributed by atoms with Gasteiger partial charge in [-0.05, 0) is 57.8 Å². The quantitative estimate of drug-likeness (QED) is 0.0211. The Morgan fingerprint density at radius 1 is 0.365 bits per heavy atom. The van der Waals surface area contributed by atoms with E-state index in [1.165, 1.54) is 231 Å². The van der Waals surface area contributed by atoms with E-state index >= 15 is 0 Å². The first-order valence-electron chi connectivity index (χ1n) is 36.5. The molecule has 9 heteroatoms. The SMILES string of the molecule is CC/C=C\C/C=C\C/C=C\C/C=C\C/C=C\CCCCCCCC(=O)OC(COC(=O)CCCCCCCCCCCCCCCCCCCCCCCCCCCCCCCCCCCCCCCCC)COC(OCC[N+](C)(C)C)C(=O)O. The molecular formula is C76H140NO8+. The number of quaternary nitrogens is 1. The number of carboxylic acids is 1. The van der Waals surface area contributed by atoms with Crippen molar-refractivity contribution in [2.45, 2.75) is 360 Å². The Morgan fingerprint density at radius 2 is 0.671 bits per heavy atom. The zero-order valence-corrected chi connectivity index (χ0v) is 56.8. The van der Waals surface area contributed by atoms with Crippen LogP contribution in [0.15, 0.2) is 60.8 Å². The number of hydrogen-bond acceptors (Lipinski definition) is 7. The van der Waals surface area contributed by atoms with Gasteiger partial charge in [0.2, 0.25) is 0 Å². The first-order chi connectivity index (χ1) is 41.6. The van der Waals surface area contributed by atoms with Crippen LogP contribution in [0, 0.1) is 0 Å². The third kappa shape index (κ3) is 68.3. The molecular weight excluding hydrogens is 1050 g/mol. The predicted molar refractivity (Wildman–Crippen MR) is 364 cm³/mol. The fourth-order valence-electron chi connectivity index (χ4n) is 10.8. The molecule has 0 aliphatic heterocycles. The van der Waals surface area contributed by atoms with Gasteiger partial charge in [0.1, 0.15) is 13.2 Å². The highest BCUT2D eigenvalue weighted by atomic mass is 16.7. The summed E-state index contributed by atoms with van der Waals surface area (Å²) < 4.78 is 22.9. The van der Waals surface area contributed by atoms with E-state index in [4.69, 9.17) is 18.9 Å². The van der Waals surface area contributed by atoms with Crippen LogP contribution in [0.5, 0.6) is 0 Å². The number of aliphatic carboxylic acids is 1. The van der Waals surface area contributed by atoms with Crippen LogP contribution in [0.1, 0.15) is 348 Å². The van der Waals surface area contributed by atoms with Gasteiger partial charge in [-0.25, -0.2) is 4.79 Å². The fraction of sp³-hybridized carbons (Fsp3) is 0.829. The van der Waals surface area contributed by atoms with Crippen molar-refractivity contribution < 1.29 is 42.9 Å². The number of likely N-dealkylation sites (N-methyl/N-ethyl adjacent to an activating group) is 1. The summed E-state index contributed by atoms with van der Waals surface area (Å²) in [7, 11) is 5.97. The van der Waals surface area contributed by atoms with E-state index in [0.717, 1.165) is 83.5 Å². The minimum atomic E-state index is -1.52. The van der Waals surface area contributed by atoms with Gasteiger partial charge in [-0.15, -0.1) is 0 Å². The van der Waals surface area contributed by atoms with Crippen molar-refractivity contribution >= 4 is 17.9 Å². The van der Waals surface area contributed by atoms with Crippen molar-refractivity contribution in [2.24, 2.45) is 0 Å². The highest BCUT2D eigenvalue weighted by Gasteiger charge is 2.25. The van der Waals surface area contributed by atoms with Gasteiger partial charge in [-0.2, -0.15) is 0 Å². The van der Waals surface area contributed by atoms with E-state index in [2.05, 4.69) is 74.6 Å². The molecule has 0 rings (SSSR count). The Balaban J connectivity index is 3.97. The minimum Gasteiger partial charge on any atom is -0.477 e. The van der Waals surface area contributed by atoms with Crippen LogP contribution in [0.2, 0.25) is 0 Å². The molecule has 0 saturated heterocycles. The average molecular weight is 1200 g/mol. The zero-order valence-electron chi connectivity index (χ0n) is 56.8. The molecule has 0 amide bonds. The molecule has 2 unspecified atom stereocenters. The number of esters is 2. The molecule has 0 aromatic rings. The molecule has 0 radical (unpaired) electrons. The van der Waals surface area contributed by atoms with Gasteiger partial charge < -0.3 is 28.5 Å². The number of ether oxygens (including phenoxy) is 4. The molecule has 2 atom stereocenters. The van der Waals surface area contributed by atoms with E-state index in [9.17, 15) is 19.5 Å². The molecule has 0 saturated carbocycles. The summed E-state index contributed by atoms with van der Waals surface area (Å²) in [6.07, 6.45) is 85.2. The van der Waals surface area contributed by atoms with Gasteiger partial charge in [-0.3, -0.25) is 9.59 Å². The van der Waals surface area contributed by atoms with Crippen LogP contribution in [-0.4, -0.2) is 87.4 Å². The monoisotopic (exact) mass is 1200 g/mol. The van der Waals surface area contributed by atoms with Crippen molar-refractivity contribution in [3.63, 3.8) is 0 Å². The molecule has 0 aliphatic rings. The maximum absolute atomic E-state index is 12.9. The molecule has 0 heterocycles. The lowest BCUT2D eigenvalue weighted by molar-refractivity contribution is -0.870. The smallest absolute Gasteiger partial charge is 0.361 e. The summed E-state index contributed by atoms with van der Waals surface area (Å²) >= 11 is 0. The Morgan fingerprint density at radius 3 is 1.00 bits per heavy atom. The van der Waals surface area contributed by atoms with Gasteiger partial charge in [0.25, 0.3) is 6.29 Å². The Kier molecular flexibility index (Phi) is 64.6. The molecule has 1 N–H and O–H groups in total. The second-order valence-electron chi connectivity index (χ2n) is 25.9. The fourth-order valence-corrected chi connectivity index (χ4v) is 10.8. The predicted octanol–water partition coefficient (Wildman–Crippen LogP) is 22.7. The van der Waals surface area contributed by atoms with E-state index in [-0.39, 0.29) is 32.2 Å². The molecule has 496 valence electrons. The third-order valence-electron chi connectivity index (χ3n) is 16.3. The van der Waals surface area contributed by atoms with Crippen molar-refractivity contribution in [3.8, 4) is 0 Å². The van der Waals surface area contributed by atoms with Crippen LogP contribution in [0.25, 0.3) is 0 Å². The number of unbranched alkanes of at least 4 members (excludes halogenated alkanes) is 43. The third-order valence-corrected chi connectivity index (χ3v) is 16.3. The highest BCUT2D eigenvalue weighted by Crippen LogP contribution is 2.19. The zero-order chi connectivity index (χ0) is 61.9. The van der Waals surface area contributed by atoms with Crippen molar-refractivity contribution in [2.75, 3.05) is 47.5 Å². The maximum atomic E-state index is 12.9. The van der Waals surface area contributed by atoms with Crippen LogP contribution >= 0.6 is 0 Å². The first-order valence-corrected chi connectivity index (χ1v) is 36.5. The van der Waals surface area contributed by atoms with Crippen molar-refractivity contribution in [1.29, 1.82) is 0 Å². The lowest BCUT2D eigenvalue weighted by Crippen LogP contribution is -2.40. The van der Waals surface area contributed by atoms with Crippen LogP contribution in [0.3, 0.4) is 0 Å². The summed E-state index contributed by atoms with van der Waals surface area (Å²) in [5.41, 5.74) is 0. The summed E-state index contributed by atoms with van der Waals surface area (Å²) in [5.74, 6) is -2.02. The number of carbonyl (C=O) groups is 3. The minimum absolute atomic E-state index is 0.183. The Bertz CT molecular complexity index is 1580.